The Morgan fingerprint density at radius 1 is 0.846 bits per heavy atom. The number of halogens is 3. The summed E-state index contributed by atoms with van der Waals surface area (Å²) in [5.74, 6) is 0.925. The SMILES string of the molecule is C=C(C(C(=C)N(C)C(C)C)c1ccccc1)N(CCc1ccc(C(F)(F)F)cc1)c1ccc(OC)c(OC)c1. The third kappa shape index (κ3) is 7.16. The van der Waals surface area contributed by atoms with Gasteiger partial charge in [0.05, 0.1) is 25.7 Å². The Morgan fingerprint density at radius 2 is 1.46 bits per heavy atom. The molecule has 0 saturated heterocycles. The van der Waals surface area contributed by atoms with Gasteiger partial charge in [-0.2, -0.15) is 13.2 Å². The van der Waals surface area contributed by atoms with E-state index in [1.165, 1.54) is 12.1 Å². The van der Waals surface area contributed by atoms with Gasteiger partial charge in [-0.1, -0.05) is 55.6 Å². The molecule has 0 saturated carbocycles. The Morgan fingerprint density at radius 3 is 2.00 bits per heavy atom. The molecule has 0 heterocycles. The molecular formula is C32H37F3N2O2. The van der Waals surface area contributed by atoms with Gasteiger partial charge in [0.15, 0.2) is 11.5 Å². The molecule has 0 N–H and O–H groups in total. The van der Waals surface area contributed by atoms with E-state index < -0.39 is 11.7 Å². The first-order chi connectivity index (χ1) is 18.5. The van der Waals surface area contributed by atoms with Crippen molar-refractivity contribution in [3.8, 4) is 11.5 Å². The third-order valence-electron chi connectivity index (χ3n) is 6.96. The summed E-state index contributed by atoms with van der Waals surface area (Å²) in [4.78, 5) is 4.21. The second kappa shape index (κ2) is 12.8. The first-order valence-electron chi connectivity index (χ1n) is 12.8. The number of alkyl halides is 3. The Bertz CT molecular complexity index is 1250. The van der Waals surface area contributed by atoms with Crippen LogP contribution in [0.1, 0.15) is 36.5 Å². The van der Waals surface area contributed by atoms with Gasteiger partial charge in [-0.15, -0.1) is 0 Å². The zero-order valence-electron chi connectivity index (χ0n) is 23.3. The van der Waals surface area contributed by atoms with Gasteiger partial charge < -0.3 is 19.3 Å². The highest BCUT2D eigenvalue weighted by atomic mass is 19.4. The Balaban J connectivity index is 2.04. The van der Waals surface area contributed by atoms with Crippen molar-refractivity contribution in [1.29, 1.82) is 0 Å². The molecule has 0 amide bonds. The standard InChI is InChI=1S/C32H37F3N2O2/c1-22(2)36(5)23(3)31(26-11-9-8-10-12-26)24(4)37(28-17-18-29(38-6)30(21-28)39-7)20-19-25-13-15-27(16-14-25)32(33,34)35/h8-18,21-22,31H,3-4,19-20H2,1-2,5-7H3. The maximum atomic E-state index is 13.1. The second-order valence-corrected chi connectivity index (χ2v) is 9.67. The van der Waals surface area contributed by atoms with Crippen molar-refractivity contribution in [2.45, 2.75) is 38.4 Å². The summed E-state index contributed by atoms with van der Waals surface area (Å²) in [7, 11) is 5.17. The smallest absolute Gasteiger partial charge is 0.416 e. The predicted molar refractivity (Wildman–Crippen MR) is 152 cm³/mol. The molecule has 1 unspecified atom stereocenters. The number of ether oxygens (including phenoxy) is 2. The van der Waals surface area contributed by atoms with Gasteiger partial charge in [0, 0.05) is 42.8 Å². The first-order valence-corrected chi connectivity index (χ1v) is 12.8. The predicted octanol–water partition coefficient (Wildman–Crippen LogP) is 7.92. The zero-order valence-corrected chi connectivity index (χ0v) is 23.3. The molecule has 0 aromatic heterocycles. The quantitative estimate of drug-likeness (QED) is 0.234. The topological polar surface area (TPSA) is 24.9 Å². The molecule has 0 spiro atoms. The summed E-state index contributed by atoms with van der Waals surface area (Å²) in [5, 5.41) is 0. The van der Waals surface area contributed by atoms with Crippen LogP contribution in [0.5, 0.6) is 11.5 Å². The van der Waals surface area contributed by atoms with Crippen LogP contribution in [0.15, 0.2) is 97.3 Å². The van der Waals surface area contributed by atoms with E-state index in [1.54, 1.807) is 14.2 Å². The number of rotatable bonds is 12. The monoisotopic (exact) mass is 538 g/mol. The lowest BCUT2D eigenvalue weighted by atomic mass is 9.91. The minimum absolute atomic E-state index is 0.221. The third-order valence-corrected chi connectivity index (χ3v) is 6.96. The Hall–Kier alpha value is -3.87. The molecule has 1 atom stereocenters. The van der Waals surface area contributed by atoms with Gasteiger partial charge in [-0.25, -0.2) is 0 Å². The molecule has 0 aliphatic heterocycles. The second-order valence-electron chi connectivity index (χ2n) is 9.67. The number of hydrogen-bond donors (Lipinski definition) is 0. The average Bonchev–Trinajstić information content (AvgIpc) is 2.92. The van der Waals surface area contributed by atoms with Crippen molar-refractivity contribution >= 4 is 5.69 Å². The highest BCUT2D eigenvalue weighted by Gasteiger charge is 2.30. The molecule has 3 aromatic rings. The number of methoxy groups -OCH3 is 2. The molecular weight excluding hydrogens is 501 g/mol. The van der Waals surface area contributed by atoms with Crippen LogP contribution < -0.4 is 14.4 Å². The molecule has 0 radical (unpaired) electrons. The van der Waals surface area contributed by atoms with Crippen LogP contribution in [0.4, 0.5) is 18.9 Å². The van der Waals surface area contributed by atoms with Crippen LogP contribution in [0, 0.1) is 0 Å². The molecule has 0 fully saturated rings. The summed E-state index contributed by atoms with van der Waals surface area (Å²) in [6.45, 7) is 13.7. The van der Waals surface area contributed by atoms with Gasteiger partial charge in [0.2, 0.25) is 0 Å². The fourth-order valence-electron chi connectivity index (χ4n) is 4.45. The molecule has 4 nitrogen and oxygen atoms in total. The van der Waals surface area contributed by atoms with E-state index in [2.05, 4.69) is 48.9 Å². The van der Waals surface area contributed by atoms with Crippen molar-refractivity contribution in [3.63, 3.8) is 0 Å². The van der Waals surface area contributed by atoms with E-state index in [0.717, 1.165) is 40.3 Å². The number of benzene rings is 3. The normalized spacial score (nSPS) is 12.1. The lowest BCUT2D eigenvalue weighted by molar-refractivity contribution is -0.137. The highest BCUT2D eigenvalue weighted by molar-refractivity contribution is 5.61. The molecule has 0 aliphatic carbocycles. The van der Waals surface area contributed by atoms with Crippen molar-refractivity contribution < 1.29 is 22.6 Å². The molecule has 0 aliphatic rings. The summed E-state index contributed by atoms with van der Waals surface area (Å²) in [6.07, 6.45) is -3.87. The van der Waals surface area contributed by atoms with Gasteiger partial charge in [0.25, 0.3) is 0 Å². The number of likely N-dealkylation sites (N-methyl/N-ethyl adjacent to an activating group) is 1. The summed E-state index contributed by atoms with van der Waals surface area (Å²) in [6, 6.07) is 21.2. The lowest BCUT2D eigenvalue weighted by Gasteiger charge is -2.38. The maximum absolute atomic E-state index is 13.1. The van der Waals surface area contributed by atoms with E-state index >= 15 is 0 Å². The fourth-order valence-corrected chi connectivity index (χ4v) is 4.45. The number of hydrogen-bond acceptors (Lipinski definition) is 4. The zero-order chi connectivity index (χ0) is 28.7. The molecule has 0 bridgehead atoms. The van der Waals surface area contributed by atoms with E-state index in [0.29, 0.717) is 24.5 Å². The largest absolute Gasteiger partial charge is 0.493 e. The van der Waals surface area contributed by atoms with Crippen LogP contribution in [0.2, 0.25) is 0 Å². The van der Waals surface area contributed by atoms with E-state index in [-0.39, 0.29) is 12.0 Å². The maximum Gasteiger partial charge on any atom is 0.416 e. The summed E-state index contributed by atoms with van der Waals surface area (Å²) in [5.41, 5.74) is 3.67. The van der Waals surface area contributed by atoms with Crippen LogP contribution in [-0.2, 0) is 12.6 Å². The number of nitrogens with zero attached hydrogens (tertiary/aromatic N) is 2. The Kier molecular flexibility index (Phi) is 9.73. The van der Waals surface area contributed by atoms with Crippen LogP contribution in [0.25, 0.3) is 0 Å². The molecule has 7 heteroatoms. The lowest BCUT2D eigenvalue weighted by Crippen LogP contribution is -2.34. The Labute approximate surface area is 230 Å². The average molecular weight is 539 g/mol. The van der Waals surface area contributed by atoms with Gasteiger partial charge in [-0.3, -0.25) is 0 Å². The van der Waals surface area contributed by atoms with Gasteiger partial charge >= 0.3 is 6.18 Å². The van der Waals surface area contributed by atoms with Crippen molar-refractivity contribution in [1.82, 2.24) is 4.90 Å². The minimum Gasteiger partial charge on any atom is -0.493 e. The first kappa shape index (κ1) is 29.7. The number of anilines is 1. The summed E-state index contributed by atoms with van der Waals surface area (Å²) < 4.78 is 50.3. The van der Waals surface area contributed by atoms with E-state index in [4.69, 9.17) is 9.47 Å². The van der Waals surface area contributed by atoms with E-state index in [9.17, 15) is 13.2 Å². The van der Waals surface area contributed by atoms with Crippen LogP contribution in [0.3, 0.4) is 0 Å². The van der Waals surface area contributed by atoms with Crippen molar-refractivity contribution in [2.75, 3.05) is 32.7 Å². The van der Waals surface area contributed by atoms with Gasteiger partial charge in [0.1, 0.15) is 0 Å². The minimum atomic E-state index is -4.37. The van der Waals surface area contributed by atoms with Crippen LogP contribution >= 0.6 is 0 Å². The summed E-state index contributed by atoms with van der Waals surface area (Å²) >= 11 is 0. The fraction of sp³-hybridized carbons (Fsp3) is 0.312. The van der Waals surface area contributed by atoms with Gasteiger partial charge in [-0.05, 0) is 55.7 Å². The molecule has 3 aromatic carbocycles. The molecule has 3 rings (SSSR count). The van der Waals surface area contributed by atoms with Crippen LogP contribution in [-0.4, -0.2) is 38.8 Å². The molecule has 208 valence electrons. The van der Waals surface area contributed by atoms with Crippen molar-refractivity contribution in [2.24, 2.45) is 0 Å². The highest BCUT2D eigenvalue weighted by Crippen LogP contribution is 2.39. The van der Waals surface area contributed by atoms with E-state index in [1.807, 2.05) is 43.4 Å². The van der Waals surface area contributed by atoms with Crippen molar-refractivity contribution in [3.05, 3.63) is 114 Å². The molecule has 39 heavy (non-hydrogen) atoms.